The van der Waals surface area contributed by atoms with Crippen LogP contribution in [0.25, 0.3) is 0 Å². The highest BCUT2D eigenvalue weighted by atomic mass is 16.6. The van der Waals surface area contributed by atoms with E-state index in [4.69, 9.17) is 9.47 Å². The second kappa shape index (κ2) is 11.2. The number of nitro groups is 1. The maximum absolute atomic E-state index is 14.1. The van der Waals surface area contributed by atoms with Gasteiger partial charge in [-0.05, 0) is 35.4 Å². The summed E-state index contributed by atoms with van der Waals surface area (Å²) in [6.45, 7) is 4.02. The van der Waals surface area contributed by atoms with Crippen molar-refractivity contribution in [1.82, 2.24) is 14.5 Å². The second-order valence-electron chi connectivity index (χ2n) is 8.67. The van der Waals surface area contributed by atoms with E-state index in [1.165, 1.54) is 24.2 Å². The van der Waals surface area contributed by atoms with Gasteiger partial charge in [0.15, 0.2) is 12.1 Å². The highest BCUT2D eigenvalue weighted by molar-refractivity contribution is 5.84. The summed E-state index contributed by atoms with van der Waals surface area (Å²) >= 11 is 0. The van der Waals surface area contributed by atoms with Crippen molar-refractivity contribution in [3.05, 3.63) is 47.2 Å². The molecule has 2 aromatic rings. The number of methoxy groups -OCH3 is 1. The van der Waals surface area contributed by atoms with Gasteiger partial charge in [0.1, 0.15) is 24.5 Å². The Kier molecular flexibility index (Phi) is 8.32. The number of quaternary nitrogens is 1. The third kappa shape index (κ3) is 5.24. The van der Waals surface area contributed by atoms with E-state index in [2.05, 4.69) is 16.9 Å². The number of nitrogens with zero attached hydrogens (tertiary/aromatic N) is 5. The quantitative estimate of drug-likeness (QED) is 0.218. The van der Waals surface area contributed by atoms with Crippen LogP contribution in [0.3, 0.4) is 0 Å². The molecule has 0 spiro atoms. The fourth-order valence-corrected chi connectivity index (χ4v) is 4.67. The Morgan fingerprint density at radius 3 is 2.76 bits per heavy atom. The van der Waals surface area contributed by atoms with Gasteiger partial charge in [-0.3, -0.25) is 9.55 Å². The zero-order valence-electron chi connectivity index (χ0n) is 19.8. The number of hydrogen-bond acceptors (Lipinski definition) is 8. The molecule has 2 amide bonds. The highest BCUT2D eigenvalue weighted by Gasteiger charge is 2.60. The number of imide groups is 1. The fourth-order valence-electron chi connectivity index (χ4n) is 4.67. The number of hydrogen-bond donors (Lipinski definition) is 0. The zero-order valence-corrected chi connectivity index (χ0v) is 19.8. The van der Waals surface area contributed by atoms with Crippen LogP contribution in [0.4, 0.5) is 10.6 Å². The first-order valence-corrected chi connectivity index (χ1v) is 11.6. The average Bonchev–Trinajstić information content (AvgIpc) is 3.44. The molecule has 34 heavy (non-hydrogen) atoms. The molecule has 4 atom stereocenters. The molecule has 0 aromatic carbocycles. The Morgan fingerprint density at radius 2 is 2.15 bits per heavy atom. The van der Waals surface area contributed by atoms with Crippen LogP contribution in [-0.4, -0.2) is 61.7 Å². The van der Waals surface area contributed by atoms with Gasteiger partial charge in [0.2, 0.25) is 6.33 Å². The van der Waals surface area contributed by atoms with E-state index in [-0.39, 0.29) is 18.3 Å². The molecular formula is C23H32N5O6+. The smallest absolute Gasteiger partial charge is 0.483 e. The Labute approximate surface area is 198 Å². The van der Waals surface area contributed by atoms with Gasteiger partial charge in [0.25, 0.3) is 0 Å². The third-order valence-corrected chi connectivity index (χ3v) is 6.43. The number of imidazole rings is 1. The number of carbonyl (C=O) groups excluding carboxylic acids is 2. The van der Waals surface area contributed by atoms with Crippen LogP contribution < -0.4 is 4.74 Å². The Morgan fingerprint density at radius 1 is 1.35 bits per heavy atom. The molecule has 0 bridgehead atoms. The number of amides is 2. The predicted molar refractivity (Wildman–Crippen MR) is 122 cm³/mol. The summed E-state index contributed by atoms with van der Waals surface area (Å²) in [6, 6.07) is 2.32. The van der Waals surface area contributed by atoms with Crippen LogP contribution >= 0.6 is 0 Å². The third-order valence-electron chi connectivity index (χ3n) is 6.43. The lowest BCUT2D eigenvalue weighted by atomic mass is 10.0. The van der Waals surface area contributed by atoms with Crippen molar-refractivity contribution < 1.29 is 28.5 Å². The molecule has 1 unspecified atom stereocenters. The minimum Gasteiger partial charge on any atom is -0.483 e. The molecule has 0 saturated carbocycles. The lowest BCUT2D eigenvalue weighted by Crippen LogP contribution is -2.61. The van der Waals surface area contributed by atoms with E-state index in [1.807, 2.05) is 6.92 Å². The molecule has 184 valence electrons. The highest BCUT2D eigenvalue weighted by Crippen LogP contribution is 2.36. The van der Waals surface area contributed by atoms with Gasteiger partial charge in [-0.1, -0.05) is 32.6 Å². The molecule has 3 heterocycles. The maximum atomic E-state index is 14.1. The minimum atomic E-state index is -0.795. The van der Waals surface area contributed by atoms with E-state index in [0.717, 1.165) is 25.7 Å². The number of unbranched alkanes of at least 4 members (excludes halogenated alkanes) is 3. The molecule has 0 radical (unpaired) electrons. The summed E-state index contributed by atoms with van der Waals surface area (Å²) in [6.07, 6.45) is 9.28. The first-order valence-electron chi connectivity index (χ1n) is 11.6. The van der Waals surface area contributed by atoms with Gasteiger partial charge in [-0.25, -0.2) is 4.79 Å². The van der Waals surface area contributed by atoms with Crippen molar-refractivity contribution in [2.24, 2.45) is 0 Å². The van der Waals surface area contributed by atoms with E-state index in [9.17, 15) is 19.7 Å². The van der Waals surface area contributed by atoms with Crippen molar-refractivity contribution in [3.63, 3.8) is 0 Å². The van der Waals surface area contributed by atoms with Gasteiger partial charge in [0, 0.05) is 12.6 Å². The molecule has 1 aliphatic heterocycles. The molecule has 1 aliphatic rings. The van der Waals surface area contributed by atoms with Crippen molar-refractivity contribution in [2.75, 3.05) is 13.7 Å². The number of pyridine rings is 1. The Balaban J connectivity index is 1.92. The minimum absolute atomic E-state index is 0.101. The molecule has 1 saturated heterocycles. The number of rotatable bonds is 10. The van der Waals surface area contributed by atoms with Gasteiger partial charge in [-0.2, -0.15) is 9.28 Å². The van der Waals surface area contributed by atoms with Crippen LogP contribution in [-0.2, 0) is 9.53 Å². The topological polar surface area (TPSA) is 126 Å². The predicted octanol–water partition coefficient (Wildman–Crippen LogP) is 4.05. The van der Waals surface area contributed by atoms with E-state index >= 15 is 0 Å². The molecule has 11 heteroatoms. The van der Waals surface area contributed by atoms with Crippen LogP contribution in [0.15, 0.2) is 37.1 Å². The SMILES string of the molecule is CCCCCCC(C(=O)[N@@+]1(C(=O)OC)C[C@H](Oc2cccnc2)C[C@H]1C)n1cnc([N+](=O)[O-])c1. The van der Waals surface area contributed by atoms with E-state index < -0.39 is 33.7 Å². The second-order valence-corrected chi connectivity index (χ2v) is 8.67. The number of aromatic nitrogens is 3. The zero-order chi connectivity index (χ0) is 24.7. The molecule has 2 aromatic heterocycles. The monoisotopic (exact) mass is 474 g/mol. The van der Waals surface area contributed by atoms with Crippen molar-refractivity contribution >= 4 is 17.8 Å². The number of likely N-dealkylation sites (tertiary alicyclic amines) is 1. The van der Waals surface area contributed by atoms with E-state index in [1.54, 1.807) is 24.5 Å². The maximum Gasteiger partial charge on any atom is 0.523 e. The molecule has 1 fully saturated rings. The molecule has 11 nitrogen and oxygen atoms in total. The molecule has 0 aliphatic carbocycles. The lowest BCUT2D eigenvalue weighted by molar-refractivity contribution is -0.795. The van der Waals surface area contributed by atoms with Gasteiger partial charge in [-0.15, -0.1) is 0 Å². The van der Waals surface area contributed by atoms with Crippen LogP contribution in [0, 0.1) is 10.1 Å². The normalized spacial score (nSPS) is 22.8. The number of carbonyl (C=O) groups is 2. The van der Waals surface area contributed by atoms with Gasteiger partial charge < -0.3 is 19.6 Å². The summed E-state index contributed by atoms with van der Waals surface area (Å²) in [4.78, 5) is 45.7. The lowest BCUT2D eigenvalue weighted by Gasteiger charge is -2.33. The number of ether oxygens (including phenoxy) is 2. The van der Waals surface area contributed by atoms with Crippen molar-refractivity contribution in [2.45, 2.75) is 70.6 Å². The molecule has 0 N–H and O–H groups in total. The van der Waals surface area contributed by atoms with E-state index in [0.29, 0.717) is 18.6 Å². The molecule has 3 rings (SSSR count). The van der Waals surface area contributed by atoms with Gasteiger partial charge in [0.05, 0.1) is 13.3 Å². The summed E-state index contributed by atoms with van der Waals surface area (Å²) in [5.41, 5.74) is 0. The molecular weight excluding hydrogens is 442 g/mol. The Bertz CT molecular complexity index is 997. The fraction of sp³-hybridized carbons (Fsp3) is 0.565. The summed E-state index contributed by atoms with van der Waals surface area (Å²) in [5, 5.41) is 11.2. The van der Waals surface area contributed by atoms with Crippen LogP contribution in [0.1, 0.15) is 58.4 Å². The standard InChI is InChI=1S/C23H32N5O6/c1-4-5-6-7-10-20(26-14-21(25-16-26)27(31)32)22(29)28(23(30)33-3)15-19(12-17(28)2)34-18-9-8-11-24-13-18/h8-9,11,13-14,16-17,19-20H,4-7,10,12,15H2,1-3H3/q+1/t17-,19-,20?,28-/m1/s1. The average molecular weight is 475 g/mol. The Hall–Kier alpha value is -3.34. The van der Waals surface area contributed by atoms with Crippen LogP contribution in [0.2, 0.25) is 0 Å². The largest absolute Gasteiger partial charge is 0.523 e. The van der Waals surface area contributed by atoms with Crippen LogP contribution in [0.5, 0.6) is 5.75 Å². The first-order chi connectivity index (χ1) is 16.3. The summed E-state index contributed by atoms with van der Waals surface area (Å²) in [5.74, 6) is -0.165. The van der Waals surface area contributed by atoms with Crippen molar-refractivity contribution in [1.29, 1.82) is 0 Å². The summed E-state index contributed by atoms with van der Waals surface area (Å²) in [7, 11) is 1.26. The van der Waals surface area contributed by atoms with Crippen molar-refractivity contribution in [3.8, 4) is 5.75 Å². The summed E-state index contributed by atoms with van der Waals surface area (Å²) < 4.78 is 12.1. The first kappa shape index (κ1) is 25.3. The van der Waals surface area contributed by atoms with Gasteiger partial charge >= 0.3 is 17.8 Å².